The summed E-state index contributed by atoms with van der Waals surface area (Å²) in [4.78, 5) is 11.6. The standard InChI is InChI=1S/C23H27N3O7S/c1-7-17-21(23(33-25-17)24-14(3)27)15-9-8-13(2)20(10-15)34(28,29)26-16-11-18(30-4)22(32-6)19(12-16)31-5/h8-12,26H,7H2,1-6H3,(H,24,27). The molecule has 10 nitrogen and oxygen atoms in total. The lowest BCUT2D eigenvalue weighted by molar-refractivity contribution is -0.114. The first-order chi connectivity index (χ1) is 16.1. The highest BCUT2D eigenvalue weighted by molar-refractivity contribution is 7.92. The Kier molecular flexibility index (Phi) is 7.35. The number of rotatable bonds is 9. The highest BCUT2D eigenvalue weighted by Gasteiger charge is 2.24. The molecular formula is C23H27N3O7S. The Hall–Kier alpha value is -3.73. The molecule has 182 valence electrons. The van der Waals surface area contributed by atoms with Gasteiger partial charge in [-0.2, -0.15) is 0 Å². The number of hydrogen-bond donors (Lipinski definition) is 2. The number of aryl methyl sites for hydroxylation is 2. The van der Waals surface area contributed by atoms with Gasteiger partial charge in [-0.15, -0.1) is 0 Å². The van der Waals surface area contributed by atoms with E-state index in [1.165, 1.54) is 46.5 Å². The van der Waals surface area contributed by atoms with Crippen LogP contribution in [0.2, 0.25) is 0 Å². The van der Waals surface area contributed by atoms with Crippen molar-refractivity contribution in [1.29, 1.82) is 0 Å². The SMILES string of the molecule is CCc1noc(NC(C)=O)c1-c1ccc(C)c(S(=O)(=O)Nc2cc(OC)c(OC)c(OC)c2)c1. The Labute approximate surface area is 198 Å². The van der Waals surface area contributed by atoms with Crippen molar-refractivity contribution < 1.29 is 31.9 Å². The van der Waals surface area contributed by atoms with Gasteiger partial charge in [0, 0.05) is 19.1 Å². The molecular weight excluding hydrogens is 462 g/mol. The number of hydrogen-bond acceptors (Lipinski definition) is 8. The van der Waals surface area contributed by atoms with Crippen LogP contribution >= 0.6 is 0 Å². The fourth-order valence-corrected chi connectivity index (χ4v) is 4.81. The summed E-state index contributed by atoms with van der Waals surface area (Å²) in [7, 11) is 0.328. The third-order valence-electron chi connectivity index (χ3n) is 5.07. The number of anilines is 2. The van der Waals surface area contributed by atoms with E-state index in [2.05, 4.69) is 15.2 Å². The van der Waals surface area contributed by atoms with Gasteiger partial charge in [-0.05, 0) is 30.5 Å². The van der Waals surface area contributed by atoms with Crippen LogP contribution in [0.25, 0.3) is 11.1 Å². The van der Waals surface area contributed by atoms with E-state index < -0.39 is 10.0 Å². The Morgan fingerprint density at radius 3 is 2.24 bits per heavy atom. The van der Waals surface area contributed by atoms with E-state index in [9.17, 15) is 13.2 Å². The van der Waals surface area contributed by atoms with E-state index in [0.717, 1.165) is 0 Å². The normalized spacial score (nSPS) is 11.1. The monoisotopic (exact) mass is 489 g/mol. The molecule has 0 saturated heterocycles. The first-order valence-electron chi connectivity index (χ1n) is 10.3. The van der Waals surface area contributed by atoms with Crippen LogP contribution in [-0.2, 0) is 21.2 Å². The number of ether oxygens (including phenoxy) is 3. The van der Waals surface area contributed by atoms with Crippen LogP contribution < -0.4 is 24.2 Å². The number of nitrogens with one attached hydrogen (secondary N) is 2. The summed E-state index contributed by atoms with van der Waals surface area (Å²) in [6.07, 6.45) is 0.526. The quantitative estimate of drug-likeness (QED) is 0.461. The molecule has 1 amide bonds. The Morgan fingerprint density at radius 1 is 1.06 bits per heavy atom. The van der Waals surface area contributed by atoms with Crippen LogP contribution in [0, 0.1) is 6.92 Å². The lowest BCUT2D eigenvalue weighted by Crippen LogP contribution is -2.15. The number of aromatic nitrogens is 1. The minimum atomic E-state index is -4.02. The van der Waals surface area contributed by atoms with Crippen molar-refractivity contribution in [3.63, 3.8) is 0 Å². The minimum Gasteiger partial charge on any atom is -0.493 e. The van der Waals surface area contributed by atoms with E-state index >= 15 is 0 Å². The fraction of sp³-hybridized carbons (Fsp3) is 0.304. The summed E-state index contributed by atoms with van der Waals surface area (Å²) >= 11 is 0. The molecule has 0 fully saturated rings. The van der Waals surface area contributed by atoms with Crippen LogP contribution in [0.1, 0.15) is 25.1 Å². The Balaban J connectivity index is 2.08. The van der Waals surface area contributed by atoms with Crippen LogP contribution in [0.3, 0.4) is 0 Å². The summed E-state index contributed by atoms with van der Waals surface area (Å²) < 4.78 is 50.5. The number of amides is 1. The molecule has 1 heterocycles. The fourth-order valence-electron chi connectivity index (χ4n) is 3.50. The molecule has 0 spiro atoms. The van der Waals surface area contributed by atoms with E-state index in [-0.39, 0.29) is 22.4 Å². The number of methoxy groups -OCH3 is 3. The summed E-state index contributed by atoms with van der Waals surface area (Å²) in [6.45, 7) is 4.93. The van der Waals surface area contributed by atoms with Gasteiger partial charge in [-0.3, -0.25) is 14.8 Å². The van der Waals surface area contributed by atoms with Crippen LogP contribution in [0.15, 0.2) is 39.8 Å². The lowest BCUT2D eigenvalue weighted by atomic mass is 10.0. The second-order valence-electron chi connectivity index (χ2n) is 7.37. The van der Waals surface area contributed by atoms with Crippen molar-refractivity contribution >= 4 is 27.5 Å². The molecule has 0 radical (unpaired) electrons. The van der Waals surface area contributed by atoms with E-state index in [0.29, 0.717) is 46.1 Å². The average molecular weight is 490 g/mol. The van der Waals surface area contributed by atoms with Gasteiger partial charge in [0.05, 0.1) is 43.2 Å². The third-order valence-corrected chi connectivity index (χ3v) is 6.59. The summed E-state index contributed by atoms with van der Waals surface area (Å²) in [5.74, 6) is 0.790. The molecule has 3 aromatic rings. The topological polar surface area (TPSA) is 129 Å². The summed E-state index contributed by atoms with van der Waals surface area (Å²) in [5, 5.41) is 6.61. The van der Waals surface area contributed by atoms with Gasteiger partial charge in [0.25, 0.3) is 10.0 Å². The molecule has 0 atom stereocenters. The molecule has 3 rings (SSSR count). The van der Waals surface area contributed by atoms with Crippen molar-refractivity contribution in [3.8, 4) is 28.4 Å². The van der Waals surface area contributed by atoms with Crippen molar-refractivity contribution in [2.45, 2.75) is 32.1 Å². The molecule has 1 aromatic heterocycles. The molecule has 0 bridgehead atoms. The van der Waals surface area contributed by atoms with E-state index in [1.54, 1.807) is 19.1 Å². The number of benzene rings is 2. The Morgan fingerprint density at radius 2 is 1.71 bits per heavy atom. The number of sulfonamides is 1. The maximum Gasteiger partial charge on any atom is 0.262 e. The maximum absolute atomic E-state index is 13.4. The van der Waals surface area contributed by atoms with Gasteiger partial charge in [-0.25, -0.2) is 8.42 Å². The van der Waals surface area contributed by atoms with Crippen LogP contribution in [0.5, 0.6) is 17.2 Å². The zero-order valence-corrected chi connectivity index (χ0v) is 20.6. The van der Waals surface area contributed by atoms with Gasteiger partial charge in [-0.1, -0.05) is 24.2 Å². The van der Waals surface area contributed by atoms with E-state index in [1.807, 2.05) is 6.92 Å². The molecule has 2 N–H and O–H groups in total. The molecule has 0 aliphatic heterocycles. The molecule has 0 aliphatic rings. The lowest BCUT2D eigenvalue weighted by Gasteiger charge is -2.16. The van der Waals surface area contributed by atoms with Crippen molar-refractivity contribution in [3.05, 3.63) is 41.6 Å². The van der Waals surface area contributed by atoms with Gasteiger partial charge >= 0.3 is 0 Å². The number of nitrogens with zero attached hydrogens (tertiary/aromatic N) is 1. The first kappa shape index (κ1) is 24.9. The van der Waals surface area contributed by atoms with Crippen molar-refractivity contribution in [1.82, 2.24) is 5.16 Å². The maximum atomic E-state index is 13.4. The highest BCUT2D eigenvalue weighted by Crippen LogP contribution is 2.41. The third kappa shape index (κ3) is 4.93. The summed E-state index contributed by atoms with van der Waals surface area (Å²) in [6, 6.07) is 7.96. The average Bonchev–Trinajstić information content (AvgIpc) is 3.20. The zero-order chi connectivity index (χ0) is 25.0. The number of carbonyl (C=O) groups is 1. The Bertz CT molecular complexity index is 1290. The van der Waals surface area contributed by atoms with Crippen molar-refractivity contribution in [2.24, 2.45) is 0 Å². The molecule has 0 saturated carbocycles. The molecule has 0 unspecified atom stereocenters. The second-order valence-corrected chi connectivity index (χ2v) is 9.02. The zero-order valence-electron chi connectivity index (χ0n) is 19.8. The number of carbonyl (C=O) groups excluding carboxylic acids is 1. The predicted molar refractivity (Wildman–Crippen MR) is 127 cm³/mol. The minimum absolute atomic E-state index is 0.0516. The van der Waals surface area contributed by atoms with Gasteiger partial charge in [0.15, 0.2) is 11.5 Å². The van der Waals surface area contributed by atoms with Crippen molar-refractivity contribution in [2.75, 3.05) is 31.4 Å². The molecule has 34 heavy (non-hydrogen) atoms. The molecule has 2 aromatic carbocycles. The van der Waals surface area contributed by atoms with E-state index in [4.69, 9.17) is 18.7 Å². The predicted octanol–water partition coefficient (Wildman–Crippen LogP) is 4.00. The largest absolute Gasteiger partial charge is 0.493 e. The summed E-state index contributed by atoms with van der Waals surface area (Å²) in [5.41, 5.74) is 2.42. The first-order valence-corrected chi connectivity index (χ1v) is 11.8. The van der Waals surface area contributed by atoms with Gasteiger partial charge in [0.2, 0.25) is 17.5 Å². The highest BCUT2D eigenvalue weighted by atomic mass is 32.2. The van der Waals surface area contributed by atoms with Crippen LogP contribution in [0.4, 0.5) is 11.6 Å². The van der Waals surface area contributed by atoms with Crippen LogP contribution in [-0.4, -0.2) is 40.8 Å². The molecule has 11 heteroatoms. The molecule has 0 aliphatic carbocycles. The second kappa shape index (κ2) is 10.0. The smallest absolute Gasteiger partial charge is 0.262 e. The van der Waals surface area contributed by atoms with Gasteiger partial charge < -0.3 is 18.7 Å². The van der Waals surface area contributed by atoms with Gasteiger partial charge in [0.1, 0.15) is 0 Å².